The van der Waals surface area contributed by atoms with Gasteiger partial charge in [0.15, 0.2) is 17.5 Å². The van der Waals surface area contributed by atoms with Crippen molar-refractivity contribution in [1.29, 1.82) is 0 Å². The Hall–Kier alpha value is -7.63. The summed E-state index contributed by atoms with van der Waals surface area (Å²) in [4.78, 5) is 16.1. The zero-order valence-corrected chi connectivity index (χ0v) is 32.2. The maximum atomic E-state index is 6.74. The monoisotopic (exact) mass is 757 g/mol. The molecule has 8 aromatic carbocycles. The van der Waals surface area contributed by atoms with Gasteiger partial charge in [0, 0.05) is 44.3 Å². The van der Waals surface area contributed by atoms with Crippen molar-refractivity contribution in [3.8, 4) is 33.9 Å². The summed E-state index contributed by atoms with van der Waals surface area (Å²) in [5, 5.41) is 7.83. The fraction of sp³-hybridized carbons (Fsp3) is 0.0556. The second kappa shape index (κ2) is 13.2. The third kappa shape index (κ3) is 5.50. The van der Waals surface area contributed by atoms with Crippen LogP contribution >= 0.6 is 0 Å². The van der Waals surface area contributed by atoms with Gasteiger partial charge in [0.25, 0.3) is 0 Å². The highest BCUT2D eigenvalue weighted by atomic mass is 16.3. The summed E-state index contributed by atoms with van der Waals surface area (Å²) >= 11 is 0. The number of rotatable bonds is 5. The Morgan fingerprint density at radius 2 is 1.05 bits per heavy atom. The Bertz CT molecular complexity index is 3490. The molecule has 0 saturated heterocycles. The van der Waals surface area contributed by atoms with Crippen LogP contribution in [-0.2, 0) is 0 Å². The highest BCUT2D eigenvalue weighted by Gasteiger charge is 2.34. The maximum absolute atomic E-state index is 6.74. The molecule has 11 aromatic rings. The lowest BCUT2D eigenvalue weighted by Gasteiger charge is -2.25. The van der Waals surface area contributed by atoms with Crippen LogP contribution in [0.3, 0.4) is 0 Å². The molecule has 278 valence electrons. The maximum Gasteiger partial charge on any atom is 0.165 e. The molecule has 1 unspecified atom stereocenters. The average molecular weight is 758 g/mol. The van der Waals surface area contributed by atoms with Crippen molar-refractivity contribution in [2.75, 3.05) is 0 Å². The lowest BCUT2D eigenvalue weighted by Crippen LogP contribution is -2.12. The molecule has 0 fully saturated rings. The largest absolute Gasteiger partial charge is 0.460 e. The van der Waals surface area contributed by atoms with Gasteiger partial charge in [-0.1, -0.05) is 153 Å². The van der Waals surface area contributed by atoms with E-state index in [2.05, 4.69) is 171 Å². The molecule has 0 aliphatic heterocycles. The van der Waals surface area contributed by atoms with Gasteiger partial charge < -0.3 is 8.83 Å². The number of nitrogens with zero attached hydrogens (tertiary/aromatic N) is 3. The summed E-state index contributed by atoms with van der Waals surface area (Å²) in [6.45, 7) is 2.26. The second-order valence-corrected chi connectivity index (χ2v) is 15.6. The minimum Gasteiger partial charge on any atom is -0.460 e. The SMILES string of the molecule is CC1CC(c2cccc3oc4cc5ccccc5cc4c23)=C(c2nc(-c3ccc(-c4ccccc4)cc3)nc(-c3ccc4ccccc4c3)n2)c2c1oc1ccccc21. The molecule has 1 aliphatic rings. The molecule has 3 heterocycles. The first kappa shape index (κ1) is 33.5. The molecule has 0 amide bonds. The van der Waals surface area contributed by atoms with E-state index in [0.29, 0.717) is 17.5 Å². The van der Waals surface area contributed by atoms with Crippen LogP contribution < -0.4 is 0 Å². The van der Waals surface area contributed by atoms with E-state index in [1.165, 1.54) is 5.39 Å². The van der Waals surface area contributed by atoms with Gasteiger partial charge in [-0.15, -0.1) is 0 Å². The van der Waals surface area contributed by atoms with Crippen LogP contribution in [0.5, 0.6) is 0 Å². The van der Waals surface area contributed by atoms with Crippen LogP contribution in [-0.4, -0.2) is 15.0 Å². The van der Waals surface area contributed by atoms with E-state index in [-0.39, 0.29) is 5.92 Å². The van der Waals surface area contributed by atoms with E-state index in [1.54, 1.807) is 0 Å². The number of allylic oxidation sites excluding steroid dienone is 1. The van der Waals surface area contributed by atoms with Crippen molar-refractivity contribution in [2.24, 2.45) is 0 Å². The van der Waals surface area contributed by atoms with Crippen LogP contribution in [0.15, 0.2) is 185 Å². The van der Waals surface area contributed by atoms with Crippen molar-refractivity contribution in [2.45, 2.75) is 19.3 Å². The zero-order chi connectivity index (χ0) is 39.0. The molecule has 0 N–H and O–H groups in total. The van der Waals surface area contributed by atoms with Gasteiger partial charge >= 0.3 is 0 Å². The summed E-state index contributed by atoms with van der Waals surface area (Å²) in [6, 6.07) is 61.4. The molecule has 0 spiro atoms. The molecule has 5 heteroatoms. The van der Waals surface area contributed by atoms with Crippen LogP contribution in [0.2, 0.25) is 0 Å². The standard InChI is InChI=1S/C54H35N3O2/c1-32-28-43(41-19-11-21-46-48(41)44-30-38-16-7-8-17-39(38)31-47(44)58-46)50(49-42-18-9-10-20-45(42)59-51(32)49)54-56-52(36-25-22-35(23-26-36)33-12-3-2-4-13-33)55-53(57-54)40-27-24-34-14-5-6-15-37(34)29-40/h2-27,29-32H,28H2,1H3. The average Bonchev–Trinajstić information content (AvgIpc) is 3.87. The van der Waals surface area contributed by atoms with Crippen LogP contribution in [0.1, 0.15) is 42.0 Å². The first-order chi connectivity index (χ1) is 29.1. The summed E-state index contributed by atoms with van der Waals surface area (Å²) in [5.41, 5.74) is 10.9. The molecule has 59 heavy (non-hydrogen) atoms. The molecular weight excluding hydrogens is 723 g/mol. The summed E-state index contributed by atoms with van der Waals surface area (Å²) < 4.78 is 13.4. The van der Waals surface area contributed by atoms with E-state index < -0.39 is 0 Å². The van der Waals surface area contributed by atoms with Crippen molar-refractivity contribution < 1.29 is 8.83 Å². The lowest BCUT2D eigenvalue weighted by molar-refractivity contribution is 0.505. The molecule has 1 atom stereocenters. The molecule has 1 aliphatic carbocycles. The second-order valence-electron chi connectivity index (χ2n) is 15.6. The van der Waals surface area contributed by atoms with Crippen LogP contribution in [0.4, 0.5) is 0 Å². The number of fused-ring (bicyclic) bond motifs is 8. The third-order valence-corrected chi connectivity index (χ3v) is 11.9. The first-order valence-corrected chi connectivity index (χ1v) is 20.1. The highest BCUT2D eigenvalue weighted by molar-refractivity contribution is 6.17. The van der Waals surface area contributed by atoms with Crippen molar-refractivity contribution in [1.82, 2.24) is 15.0 Å². The van der Waals surface area contributed by atoms with E-state index in [0.717, 1.165) is 106 Å². The van der Waals surface area contributed by atoms with Gasteiger partial charge in [-0.25, -0.2) is 15.0 Å². The number of hydrogen-bond acceptors (Lipinski definition) is 5. The quantitative estimate of drug-likeness (QED) is 0.175. The Balaban J connectivity index is 1.16. The minimum absolute atomic E-state index is 0.0946. The van der Waals surface area contributed by atoms with E-state index in [9.17, 15) is 0 Å². The van der Waals surface area contributed by atoms with Gasteiger partial charge in [0.2, 0.25) is 0 Å². The predicted octanol–water partition coefficient (Wildman–Crippen LogP) is 14.3. The lowest BCUT2D eigenvalue weighted by atomic mass is 9.78. The van der Waals surface area contributed by atoms with Gasteiger partial charge in [0.05, 0.1) is 0 Å². The number of aromatic nitrogens is 3. The molecule has 0 bridgehead atoms. The fourth-order valence-electron chi connectivity index (χ4n) is 9.09. The molecule has 3 aromatic heterocycles. The minimum atomic E-state index is 0.0946. The summed E-state index contributed by atoms with van der Waals surface area (Å²) in [7, 11) is 0. The van der Waals surface area contributed by atoms with Crippen LogP contribution in [0.25, 0.3) is 99.5 Å². The Morgan fingerprint density at radius 1 is 0.441 bits per heavy atom. The van der Waals surface area contributed by atoms with Gasteiger partial charge in [-0.2, -0.15) is 0 Å². The van der Waals surface area contributed by atoms with Gasteiger partial charge in [-0.3, -0.25) is 0 Å². The van der Waals surface area contributed by atoms with Crippen LogP contribution in [0, 0.1) is 0 Å². The van der Waals surface area contributed by atoms with Gasteiger partial charge in [0.1, 0.15) is 22.5 Å². The highest BCUT2D eigenvalue weighted by Crippen LogP contribution is 2.51. The molecule has 0 saturated carbocycles. The smallest absolute Gasteiger partial charge is 0.165 e. The van der Waals surface area contributed by atoms with Crippen molar-refractivity contribution >= 4 is 65.6 Å². The molecular formula is C54H35N3O2. The number of hydrogen-bond donors (Lipinski definition) is 0. The van der Waals surface area contributed by atoms with E-state index >= 15 is 0 Å². The fourth-order valence-corrected chi connectivity index (χ4v) is 9.09. The molecule has 5 nitrogen and oxygen atoms in total. The third-order valence-electron chi connectivity index (χ3n) is 11.9. The van der Waals surface area contributed by atoms with Crippen molar-refractivity contribution in [3.05, 3.63) is 199 Å². The topological polar surface area (TPSA) is 65.0 Å². The molecule has 0 radical (unpaired) electrons. The van der Waals surface area contributed by atoms with E-state index in [1.807, 2.05) is 12.1 Å². The van der Waals surface area contributed by atoms with Gasteiger partial charge in [-0.05, 0) is 80.6 Å². The predicted molar refractivity (Wildman–Crippen MR) is 240 cm³/mol. The van der Waals surface area contributed by atoms with Crippen molar-refractivity contribution in [3.63, 3.8) is 0 Å². The first-order valence-electron chi connectivity index (χ1n) is 20.1. The Morgan fingerprint density at radius 3 is 1.86 bits per heavy atom. The normalized spacial score (nSPS) is 14.2. The Kier molecular flexibility index (Phi) is 7.51. The number of benzene rings is 8. The zero-order valence-electron chi connectivity index (χ0n) is 32.2. The Labute approximate surface area is 340 Å². The summed E-state index contributed by atoms with van der Waals surface area (Å²) in [5.74, 6) is 2.87. The molecule has 12 rings (SSSR count). The number of para-hydroxylation sites is 1. The number of furan rings is 2. The summed E-state index contributed by atoms with van der Waals surface area (Å²) in [6.07, 6.45) is 0.722. The van der Waals surface area contributed by atoms with E-state index in [4.69, 9.17) is 23.8 Å².